The molecule has 4 aromatic rings. The molecular formula is C25H27N7O2. The molecule has 0 atom stereocenters. The predicted octanol–water partition coefficient (Wildman–Crippen LogP) is 3.22. The Hall–Kier alpha value is -4.11. The van der Waals surface area contributed by atoms with Crippen LogP contribution in [-0.2, 0) is 17.8 Å². The van der Waals surface area contributed by atoms with Gasteiger partial charge < -0.3 is 9.30 Å². The van der Waals surface area contributed by atoms with Gasteiger partial charge in [0.2, 0.25) is 5.82 Å². The first-order valence-corrected chi connectivity index (χ1v) is 11.0. The standard InChI is InChI=1S/C25H27N7O2/c1-18-15-23(19(2)31(18)13-14-34-3)16-26-28-25(33)22-11-9-20(10-12-22)17-32-29-24(27-30-32)21-7-5-4-6-8-21/h4-12,15-16H,13-14,17H2,1-3H3,(H,28,33)/b26-16+. The van der Waals surface area contributed by atoms with Crippen molar-refractivity contribution in [1.29, 1.82) is 0 Å². The maximum absolute atomic E-state index is 12.5. The van der Waals surface area contributed by atoms with E-state index < -0.39 is 0 Å². The molecule has 0 fully saturated rings. The Labute approximate surface area is 198 Å². The number of nitrogens with one attached hydrogen (secondary N) is 1. The van der Waals surface area contributed by atoms with E-state index >= 15 is 0 Å². The van der Waals surface area contributed by atoms with E-state index in [-0.39, 0.29) is 5.91 Å². The van der Waals surface area contributed by atoms with Crippen LogP contribution in [0.3, 0.4) is 0 Å². The Bertz CT molecular complexity index is 1270. The Morgan fingerprint density at radius 2 is 1.88 bits per heavy atom. The molecule has 9 heteroatoms. The van der Waals surface area contributed by atoms with E-state index in [1.807, 2.05) is 62.4 Å². The minimum absolute atomic E-state index is 0.277. The first kappa shape index (κ1) is 23.1. The largest absolute Gasteiger partial charge is 0.383 e. The van der Waals surface area contributed by atoms with Crippen LogP contribution in [0.5, 0.6) is 0 Å². The van der Waals surface area contributed by atoms with E-state index in [0.29, 0.717) is 24.5 Å². The molecule has 0 radical (unpaired) electrons. The number of aryl methyl sites for hydroxylation is 1. The molecule has 34 heavy (non-hydrogen) atoms. The average Bonchev–Trinajstić information content (AvgIpc) is 3.43. The number of carbonyl (C=O) groups excluding carboxylic acids is 1. The van der Waals surface area contributed by atoms with Gasteiger partial charge in [0.1, 0.15) is 0 Å². The molecule has 1 amide bonds. The molecule has 0 spiro atoms. The molecule has 0 bridgehead atoms. The third-order valence-corrected chi connectivity index (χ3v) is 5.53. The van der Waals surface area contributed by atoms with Gasteiger partial charge in [-0.15, -0.1) is 10.2 Å². The van der Waals surface area contributed by atoms with Gasteiger partial charge in [0.15, 0.2) is 0 Å². The number of nitrogens with zero attached hydrogens (tertiary/aromatic N) is 6. The van der Waals surface area contributed by atoms with Crippen molar-refractivity contribution in [3.8, 4) is 11.4 Å². The van der Waals surface area contributed by atoms with Gasteiger partial charge in [0.25, 0.3) is 5.91 Å². The summed E-state index contributed by atoms with van der Waals surface area (Å²) in [5, 5.41) is 16.8. The maximum Gasteiger partial charge on any atom is 0.271 e. The van der Waals surface area contributed by atoms with Crippen LogP contribution in [0.4, 0.5) is 0 Å². The molecule has 0 aliphatic carbocycles. The summed E-state index contributed by atoms with van der Waals surface area (Å²) in [6, 6.07) is 19.0. The highest BCUT2D eigenvalue weighted by atomic mass is 16.5. The van der Waals surface area contributed by atoms with Crippen molar-refractivity contribution in [1.82, 2.24) is 30.2 Å². The van der Waals surface area contributed by atoms with Crippen LogP contribution in [0.1, 0.15) is 32.9 Å². The third-order valence-electron chi connectivity index (χ3n) is 5.53. The minimum atomic E-state index is -0.277. The Morgan fingerprint density at radius 1 is 1.12 bits per heavy atom. The van der Waals surface area contributed by atoms with Crippen molar-refractivity contribution < 1.29 is 9.53 Å². The summed E-state index contributed by atoms with van der Waals surface area (Å²) in [7, 11) is 1.69. The zero-order valence-corrected chi connectivity index (χ0v) is 19.5. The number of hydrogen-bond acceptors (Lipinski definition) is 6. The molecule has 9 nitrogen and oxygen atoms in total. The van der Waals surface area contributed by atoms with Gasteiger partial charge in [-0.05, 0) is 42.8 Å². The van der Waals surface area contributed by atoms with Crippen molar-refractivity contribution >= 4 is 12.1 Å². The second kappa shape index (κ2) is 10.7. The SMILES string of the molecule is COCCn1c(C)cc(/C=N/NC(=O)c2ccc(Cn3nnc(-c4ccccc4)n3)cc2)c1C. The molecular weight excluding hydrogens is 430 g/mol. The molecule has 2 heterocycles. The summed E-state index contributed by atoms with van der Waals surface area (Å²) in [5.41, 5.74) is 8.14. The summed E-state index contributed by atoms with van der Waals surface area (Å²) >= 11 is 0. The maximum atomic E-state index is 12.5. The Kier molecular flexibility index (Phi) is 7.24. The molecule has 0 aliphatic heterocycles. The van der Waals surface area contributed by atoms with E-state index in [1.165, 1.54) is 4.80 Å². The highest BCUT2D eigenvalue weighted by Crippen LogP contribution is 2.14. The number of aromatic nitrogens is 5. The number of ether oxygens (including phenoxy) is 1. The van der Waals surface area contributed by atoms with E-state index in [0.717, 1.165) is 34.6 Å². The number of methoxy groups -OCH3 is 1. The van der Waals surface area contributed by atoms with E-state index in [1.54, 1.807) is 25.5 Å². The molecule has 0 saturated carbocycles. The summed E-state index contributed by atoms with van der Waals surface area (Å²) in [4.78, 5) is 14.0. The van der Waals surface area contributed by atoms with Gasteiger partial charge in [0, 0.05) is 41.7 Å². The van der Waals surface area contributed by atoms with Crippen molar-refractivity contribution in [2.45, 2.75) is 26.9 Å². The van der Waals surface area contributed by atoms with Crippen LogP contribution in [-0.4, -0.2) is 50.6 Å². The second-order valence-electron chi connectivity index (χ2n) is 7.88. The number of tetrazole rings is 1. The zero-order chi connectivity index (χ0) is 23.9. The van der Waals surface area contributed by atoms with E-state index in [2.05, 4.69) is 30.5 Å². The molecule has 2 aromatic heterocycles. The van der Waals surface area contributed by atoms with Gasteiger partial charge in [-0.3, -0.25) is 4.79 Å². The molecule has 1 N–H and O–H groups in total. The summed E-state index contributed by atoms with van der Waals surface area (Å²) < 4.78 is 7.33. The average molecular weight is 458 g/mol. The lowest BCUT2D eigenvalue weighted by atomic mass is 10.1. The normalized spacial score (nSPS) is 11.3. The molecule has 0 saturated heterocycles. The van der Waals surface area contributed by atoms with Crippen LogP contribution in [0.15, 0.2) is 65.8 Å². The molecule has 2 aromatic carbocycles. The fraction of sp³-hybridized carbons (Fsp3) is 0.240. The van der Waals surface area contributed by atoms with Crippen molar-refractivity contribution in [2.24, 2.45) is 5.10 Å². The number of hydrogen-bond donors (Lipinski definition) is 1. The van der Waals surface area contributed by atoms with Gasteiger partial charge >= 0.3 is 0 Å². The van der Waals surface area contributed by atoms with Crippen LogP contribution < -0.4 is 5.43 Å². The lowest BCUT2D eigenvalue weighted by Gasteiger charge is -2.08. The van der Waals surface area contributed by atoms with Crippen LogP contribution in [0, 0.1) is 13.8 Å². The van der Waals surface area contributed by atoms with Gasteiger partial charge in [-0.25, -0.2) is 5.43 Å². The van der Waals surface area contributed by atoms with Gasteiger partial charge in [-0.1, -0.05) is 42.5 Å². The molecule has 0 unspecified atom stereocenters. The fourth-order valence-electron chi connectivity index (χ4n) is 3.65. The highest BCUT2D eigenvalue weighted by molar-refractivity contribution is 5.95. The Morgan fingerprint density at radius 3 is 2.62 bits per heavy atom. The zero-order valence-electron chi connectivity index (χ0n) is 19.5. The number of rotatable bonds is 9. The van der Waals surface area contributed by atoms with Crippen molar-refractivity contribution in [2.75, 3.05) is 13.7 Å². The lowest BCUT2D eigenvalue weighted by molar-refractivity contribution is 0.0955. The first-order chi connectivity index (χ1) is 16.5. The number of amides is 1. The van der Waals surface area contributed by atoms with Crippen LogP contribution >= 0.6 is 0 Å². The Balaban J connectivity index is 1.34. The quantitative estimate of drug-likeness (QED) is 0.307. The highest BCUT2D eigenvalue weighted by Gasteiger charge is 2.09. The lowest BCUT2D eigenvalue weighted by Crippen LogP contribution is -2.17. The molecule has 0 aliphatic rings. The second-order valence-corrected chi connectivity index (χ2v) is 7.88. The number of benzene rings is 2. The van der Waals surface area contributed by atoms with Crippen molar-refractivity contribution in [3.05, 3.63) is 88.7 Å². The van der Waals surface area contributed by atoms with Crippen LogP contribution in [0.25, 0.3) is 11.4 Å². The van der Waals surface area contributed by atoms with Gasteiger partial charge in [0.05, 0.1) is 19.4 Å². The van der Waals surface area contributed by atoms with E-state index in [4.69, 9.17) is 4.74 Å². The smallest absolute Gasteiger partial charge is 0.271 e. The monoisotopic (exact) mass is 457 g/mol. The molecule has 4 rings (SSSR count). The predicted molar refractivity (Wildman–Crippen MR) is 130 cm³/mol. The van der Waals surface area contributed by atoms with Gasteiger partial charge in [-0.2, -0.15) is 9.90 Å². The first-order valence-electron chi connectivity index (χ1n) is 11.0. The minimum Gasteiger partial charge on any atom is -0.383 e. The van der Waals surface area contributed by atoms with Crippen molar-refractivity contribution in [3.63, 3.8) is 0 Å². The topological polar surface area (TPSA) is 99.2 Å². The summed E-state index contributed by atoms with van der Waals surface area (Å²) in [6.45, 7) is 5.94. The van der Waals surface area contributed by atoms with Crippen LogP contribution in [0.2, 0.25) is 0 Å². The third kappa shape index (κ3) is 5.44. The number of hydrazone groups is 1. The van der Waals surface area contributed by atoms with E-state index in [9.17, 15) is 4.79 Å². The summed E-state index contributed by atoms with van der Waals surface area (Å²) in [5.74, 6) is 0.301. The summed E-state index contributed by atoms with van der Waals surface area (Å²) in [6.07, 6.45) is 1.67. The molecule has 174 valence electrons. The fourth-order valence-corrected chi connectivity index (χ4v) is 3.65. The number of carbonyl (C=O) groups is 1.